The Morgan fingerprint density at radius 2 is 1.95 bits per heavy atom. The van der Waals surface area contributed by atoms with Gasteiger partial charge in [0.2, 0.25) is 0 Å². The Kier molecular flexibility index (Phi) is 3.99. The lowest BCUT2D eigenvalue weighted by Gasteiger charge is -2.27. The molecule has 0 amide bonds. The molecule has 3 nitrogen and oxygen atoms in total. The lowest BCUT2D eigenvalue weighted by atomic mass is 9.91. The van der Waals surface area contributed by atoms with E-state index in [4.69, 9.17) is 5.73 Å². The maximum absolute atomic E-state index is 5.96. The van der Waals surface area contributed by atoms with E-state index in [1.165, 1.54) is 23.8 Å². The molecule has 1 aliphatic rings. The highest BCUT2D eigenvalue weighted by atomic mass is 14.9. The van der Waals surface area contributed by atoms with Gasteiger partial charge in [0, 0.05) is 29.7 Å². The van der Waals surface area contributed by atoms with Gasteiger partial charge in [-0.3, -0.25) is 4.98 Å². The van der Waals surface area contributed by atoms with Gasteiger partial charge in [-0.2, -0.15) is 0 Å². The van der Waals surface area contributed by atoms with Crippen LogP contribution in [0, 0.1) is 6.92 Å². The van der Waals surface area contributed by atoms with Crippen molar-refractivity contribution in [2.45, 2.75) is 51.2 Å². The van der Waals surface area contributed by atoms with Gasteiger partial charge in [-0.1, -0.05) is 18.2 Å². The predicted octanol–water partition coefficient (Wildman–Crippen LogP) is 2.90. The van der Waals surface area contributed by atoms with Crippen LogP contribution in [0.25, 0.3) is 10.9 Å². The Bertz CT molecular complexity index is 586. The second-order valence-corrected chi connectivity index (χ2v) is 5.93. The summed E-state index contributed by atoms with van der Waals surface area (Å²) in [5, 5.41) is 4.96. The van der Waals surface area contributed by atoms with Crippen LogP contribution in [0.4, 0.5) is 0 Å². The number of benzene rings is 1. The minimum atomic E-state index is 0.414. The Hall–Kier alpha value is -1.45. The topological polar surface area (TPSA) is 50.9 Å². The minimum absolute atomic E-state index is 0.414. The minimum Gasteiger partial charge on any atom is -0.328 e. The molecule has 106 valence electrons. The van der Waals surface area contributed by atoms with Crippen molar-refractivity contribution in [3.63, 3.8) is 0 Å². The molecule has 0 spiro atoms. The van der Waals surface area contributed by atoms with Crippen molar-refractivity contribution in [1.29, 1.82) is 0 Å². The van der Waals surface area contributed by atoms with Crippen molar-refractivity contribution in [3.8, 4) is 0 Å². The molecule has 1 fully saturated rings. The molecule has 0 bridgehead atoms. The molecule has 3 N–H and O–H groups in total. The van der Waals surface area contributed by atoms with Gasteiger partial charge in [0.25, 0.3) is 0 Å². The highest BCUT2D eigenvalue weighted by Gasteiger charge is 2.18. The largest absolute Gasteiger partial charge is 0.328 e. The van der Waals surface area contributed by atoms with Crippen molar-refractivity contribution >= 4 is 10.9 Å². The number of rotatable bonds is 3. The molecule has 0 radical (unpaired) electrons. The number of aromatic nitrogens is 1. The molecule has 2 aromatic rings. The first-order chi connectivity index (χ1) is 9.72. The molecule has 1 aromatic heterocycles. The van der Waals surface area contributed by atoms with E-state index in [2.05, 4.69) is 47.6 Å². The number of para-hydroxylation sites is 1. The van der Waals surface area contributed by atoms with Crippen LogP contribution in [0.15, 0.2) is 30.3 Å². The molecule has 20 heavy (non-hydrogen) atoms. The number of nitrogens with one attached hydrogen (secondary N) is 1. The zero-order valence-electron chi connectivity index (χ0n) is 12.1. The monoisotopic (exact) mass is 269 g/mol. The maximum Gasteiger partial charge on any atom is 0.0708 e. The lowest BCUT2D eigenvalue weighted by Crippen LogP contribution is -2.37. The van der Waals surface area contributed by atoms with Crippen LogP contribution in [-0.4, -0.2) is 17.1 Å². The average Bonchev–Trinajstić information content (AvgIpc) is 2.46. The molecule has 1 aromatic carbocycles. The summed E-state index contributed by atoms with van der Waals surface area (Å²) in [7, 11) is 0. The van der Waals surface area contributed by atoms with E-state index in [1.807, 2.05) is 0 Å². The molecular weight excluding hydrogens is 246 g/mol. The standard InChI is InChI=1S/C17H23N3/c1-12-10-13(16-4-2-3-5-17(16)20-12)11-19-15-8-6-14(18)7-9-15/h2-5,10,14-15,19H,6-9,11,18H2,1H3. The molecule has 0 atom stereocenters. The first-order valence-electron chi connectivity index (χ1n) is 7.56. The van der Waals surface area contributed by atoms with Crippen molar-refractivity contribution < 1.29 is 0 Å². The van der Waals surface area contributed by atoms with Gasteiger partial charge in [-0.05, 0) is 50.3 Å². The van der Waals surface area contributed by atoms with E-state index in [-0.39, 0.29) is 0 Å². The second-order valence-electron chi connectivity index (χ2n) is 5.93. The Balaban J connectivity index is 1.74. The van der Waals surface area contributed by atoms with Crippen LogP contribution < -0.4 is 11.1 Å². The van der Waals surface area contributed by atoms with E-state index in [1.54, 1.807) is 0 Å². The van der Waals surface area contributed by atoms with Crippen molar-refractivity contribution in [3.05, 3.63) is 41.6 Å². The quantitative estimate of drug-likeness (QED) is 0.901. The van der Waals surface area contributed by atoms with Crippen molar-refractivity contribution in [1.82, 2.24) is 10.3 Å². The summed E-state index contributed by atoms with van der Waals surface area (Å²) < 4.78 is 0. The van der Waals surface area contributed by atoms with Crippen LogP contribution >= 0.6 is 0 Å². The molecule has 3 rings (SSSR count). The van der Waals surface area contributed by atoms with E-state index < -0.39 is 0 Å². The zero-order chi connectivity index (χ0) is 13.9. The van der Waals surface area contributed by atoms with Gasteiger partial charge in [0.15, 0.2) is 0 Å². The fourth-order valence-electron chi connectivity index (χ4n) is 3.12. The van der Waals surface area contributed by atoms with Crippen LogP contribution in [0.1, 0.15) is 36.9 Å². The Morgan fingerprint density at radius 1 is 1.20 bits per heavy atom. The molecule has 0 unspecified atom stereocenters. The Labute approximate surface area is 120 Å². The number of nitrogens with two attached hydrogens (primary N) is 1. The number of pyridine rings is 1. The molecule has 1 aliphatic carbocycles. The van der Waals surface area contributed by atoms with E-state index in [0.29, 0.717) is 12.1 Å². The normalized spacial score (nSPS) is 23.1. The van der Waals surface area contributed by atoms with Gasteiger partial charge in [0.1, 0.15) is 0 Å². The highest BCUT2D eigenvalue weighted by molar-refractivity contribution is 5.82. The highest BCUT2D eigenvalue weighted by Crippen LogP contribution is 2.20. The molecule has 0 saturated heterocycles. The molecule has 1 heterocycles. The fourth-order valence-corrected chi connectivity index (χ4v) is 3.12. The van der Waals surface area contributed by atoms with E-state index in [9.17, 15) is 0 Å². The van der Waals surface area contributed by atoms with Gasteiger partial charge < -0.3 is 11.1 Å². The number of nitrogens with zero attached hydrogens (tertiary/aromatic N) is 1. The Morgan fingerprint density at radius 3 is 2.75 bits per heavy atom. The number of fused-ring (bicyclic) bond motifs is 1. The SMILES string of the molecule is Cc1cc(CNC2CCC(N)CC2)c2ccccc2n1. The molecule has 0 aliphatic heterocycles. The van der Waals surface area contributed by atoms with E-state index in [0.717, 1.165) is 30.6 Å². The van der Waals surface area contributed by atoms with Crippen molar-refractivity contribution in [2.24, 2.45) is 5.73 Å². The van der Waals surface area contributed by atoms with E-state index >= 15 is 0 Å². The van der Waals surface area contributed by atoms with Gasteiger partial charge >= 0.3 is 0 Å². The van der Waals surface area contributed by atoms with Crippen LogP contribution in [0.5, 0.6) is 0 Å². The lowest BCUT2D eigenvalue weighted by molar-refractivity contribution is 0.342. The molecule has 1 saturated carbocycles. The average molecular weight is 269 g/mol. The summed E-state index contributed by atoms with van der Waals surface area (Å²) >= 11 is 0. The van der Waals surface area contributed by atoms with Crippen LogP contribution in [-0.2, 0) is 6.54 Å². The number of aryl methyl sites for hydroxylation is 1. The summed E-state index contributed by atoms with van der Waals surface area (Å²) in [6.45, 7) is 2.99. The maximum atomic E-state index is 5.96. The zero-order valence-corrected chi connectivity index (χ0v) is 12.1. The second kappa shape index (κ2) is 5.90. The number of hydrogen-bond donors (Lipinski definition) is 2. The summed E-state index contributed by atoms with van der Waals surface area (Å²) in [4.78, 5) is 4.60. The third kappa shape index (κ3) is 3.00. The van der Waals surface area contributed by atoms with Gasteiger partial charge in [-0.15, -0.1) is 0 Å². The van der Waals surface area contributed by atoms with Crippen LogP contribution in [0.3, 0.4) is 0 Å². The first kappa shape index (κ1) is 13.5. The van der Waals surface area contributed by atoms with Gasteiger partial charge in [-0.25, -0.2) is 0 Å². The third-order valence-electron chi connectivity index (χ3n) is 4.28. The van der Waals surface area contributed by atoms with Crippen molar-refractivity contribution in [2.75, 3.05) is 0 Å². The van der Waals surface area contributed by atoms with Crippen LogP contribution in [0.2, 0.25) is 0 Å². The van der Waals surface area contributed by atoms with Gasteiger partial charge in [0.05, 0.1) is 5.52 Å². The summed E-state index contributed by atoms with van der Waals surface area (Å²) in [6.07, 6.45) is 4.69. The fraction of sp³-hybridized carbons (Fsp3) is 0.471. The summed E-state index contributed by atoms with van der Waals surface area (Å²) in [5.74, 6) is 0. The first-order valence-corrected chi connectivity index (χ1v) is 7.56. The number of hydrogen-bond acceptors (Lipinski definition) is 3. The predicted molar refractivity (Wildman–Crippen MR) is 83.6 cm³/mol. The smallest absolute Gasteiger partial charge is 0.0708 e. The third-order valence-corrected chi connectivity index (χ3v) is 4.28. The summed E-state index contributed by atoms with van der Waals surface area (Å²) in [5.41, 5.74) is 9.49. The molecule has 3 heteroatoms. The summed E-state index contributed by atoms with van der Waals surface area (Å²) in [6, 6.07) is 11.6. The molecular formula is C17H23N3.